The van der Waals surface area contributed by atoms with E-state index < -0.39 is 29.1 Å². The van der Waals surface area contributed by atoms with E-state index in [9.17, 15) is 18.3 Å². The molecule has 0 aliphatic rings. The number of rotatable bonds is 4. The van der Waals surface area contributed by atoms with E-state index in [4.69, 9.17) is 0 Å². The van der Waals surface area contributed by atoms with Crippen LogP contribution in [0.2, 0.25) is 0 Å². The predicted molar refractivity (Wildman–Crippen MR) is 62.8 cm³/mol. The predicted octanol–water partition coefficient (Wildman–Crippen LogP) is 2.50. The van der Waals surface area contributed by atoms with Crippen LogP contribution in [0, 0.1) is 17.5 Å². The normalized spacial score (nSPS) is 12.7. The van der Waals surface area contributed by atoms with Crippen molar-refractivity contribution in [2.45, 2.75) is 18.9 Å². The van der Waals surface area contributed by atoms with Crippen molar-refractivity contribution in [3.05, 3.63) is 53.1 Å². The molecule has 0 aliphatic carbocycles. The summed E-state index contributed by atoms with van der Waals surface area (Å²) >= 11 is 0. The lowest BCUT2D eigenvalue weighted by molar-refractivity contribution is 0.158. The lowest BCUT2D eigenvalue weighted by Crippen LogP contribution is -2.06. The Morgan fingerprint density at radius 1 is 1.26 bits per heavy atom. The van der Waals surface area contributed by atoms with Crippen LogP contribution in [-0.2, 0) is 13.5 Å². The van der Waals surface area contributed by atoms with Crippen molar-refractivity contribution in [1.82, 2.24) is 9.78 Å². The molecule has 3 nitrogen and oxygen atoms in total. The molecule has 2 aromatic rings. The quantitative estimate of drug-likeness (QED) is 0.927. The molecule has 1 N–H and O–H groups in total. The molecule has 0 spiro atoms. The molecule has 0 radical (unpaired) electrons. The van der Waals surface area contributed by atoms with Crippen LogP contribution < -0.4 is 0 Å². The zero-order chi connectivity index (χ0) is 14.0. The van der Waals surface area contributed by atoms with E-state index in [0.717, 1.165) is 5.56 Å². The van der Waals surface area contributed by atoms with Gasteiger partial charge in [-0.25, -0.2) is 13.2 Å². The minimum absolute atomic E-state index is 0.130. The molecule has 0 saturated carbocycles. The van der Waals surface area contributed by atoms with E-state index in [-0.39, 0.29) is 6.42 Å². The topological polar surface area (TPSA) is 38.0 Å². The number of aliphatic hydroxyl groups excluding tert-OH is 1. The van der Waals surface area contributed by atoms with E-state index in [1.54, 1.807) is 24.1 Å². The second-order valence-electron chi connectivity index (χ2n) is 4.36. The van der Waals surface area contributed by atoms with Gasteiger partial charge in [-0.2, -0.15) is 5.10 Å². The monoisotopic (exact) mass is 270 g/mol. The van der Waals surface area contributed by atoms with Crippen LogP contribution in [0.25, 0.3) is 0 Å². The molecule has 0 amide bonds. The average Bonchev–Trinajstić information content (AvgIpc) is 2.71. The number of benzene rings is 1. The zero-order valence-corrected chi connectivity index (χ0v) is 10.3. The van der Waals surface area contributed by atoms with Crippen molar-refractivity contribution in [1.29, 1.82) is 0 Å². The highest BCUT2D eigenvalue weighted by atomic mass is 19.1. The number of aromatic nitrogens is 2. The van der Waals surface area contributed by atoms with Crippen molar-refractivity contribution in [2.75, 3.05) is 0 Å². The molecular weight excluding hydrogens is 257 g/mol. The Bertz CT molecular complexity index is 560. The van der Waals surface area contributed by atoms with Crippen molar-refractivity contribution in [3.8, 4) is 0 Å². The van der Waals surface area contributed by atoms with Crippen LogP contribution in [0.15, 0.2) is 24.5 Å². The first-order valence-electron chi connectivity index (χ1n) is 5.77. The summed E-state index contributed by atoms with van der Waals surface area (Å²) in [5, 5.41) is 13.8. The number of hydrogen-bond donors (Lipinski definition) is 1. The summed E-state index contributed by atoms with van der Waals surface area (Å²) in [5.74, 6) is -3.15. The molecule has 6 heteroatoms. The van der Waals surface area contributed by atoms with Crippen molar-refractivity contribution >= 4 is 0 Å². The van der Waals surface area contributed by atoms with Crippen LogP contribution in [0.4, 0.5) is 13.2 Å². The lowest BCUT2D eigenvalue weighted by atomic mass is 10.0. The summed E-state index contributed by atoms with van der Waals surface area (Å²) in [6, 6.07) is 1.12. The highest BCUT2D eigenvalue weighted by Crippen LogP contribution is 2.25. The number of halogens is 3. The standard InChI is InChI=1S/C13H13F3N2O/c1-18-7-8(6-17-18)2-3-12(19)13-10(15)4-9(14)5-11(13)16/h4-7,12,19H,2-3H2,1H3. The minimum atomic E-state index is -1.32. The number of aryl methyl sites for hydroxylation is 2. The van der Waals surface area contributed by atoms with E-state index in [1.165, 1.54) is 0 Å². The summed E-state index contributed by atoms with van der Waals surface area (Å²) in [7, 11) is 1.75. The first-order valence-corrected chi connectivity index (χ1v) is 5.77. The maximum atomic E-state index is 13.4. The molecule has 2 rings (SSSR count). The van der Waals surface area contributed by atoms with Gasteiger partial charge in [-0.3, -0.25) is 4.68 Å². The molecule has 0 saturated heterocycles. The Hall–Kier alpha value is -1.82. The van der Waals surface area contributed by atoms with E-state index in [2.05, 4.69) is 5.10 Å². The summed E-state index contributed by atoms with van der Waals surface area (Å²) in [4.78, 5) is 0. The van der Waals surface area contributed by atoms with Gasteiger partial charge in [0.05, 0.1) is 17.9 Å². The molecule has 102 valence electrons. The zero-order valence-electron chi connectivity index (χ0n) is 10.3. The van der Waals surface area contributed by atoms with Gasteiger partial charge in [0, 0.05) is 25.4 Å². The fourth-order valence-electron chi connectivity index (χ4n) is 1.92. The highest BCUT2D eigenvalue weighted by Gasteiger charge is 2.19. The van der Waals surface area contributed by atoms with Crippen molar-refractivity contribution in [3.63, 3.8) is 0 Å². The number of aliphatic hydroxyl groups is 1. The third-order valence-corrected chi connectivity index (χ3v) is 2.84. The second kappa shape index (κ2) is 5.44. The van der Waals surface area contributed by atoms with Gasteiger partial charge in [0.15, 0.2) is 0 Å². The largest absolute Gasteiger partial charge is 0.388 e. The van der Waals surface area contributed by atoms with E-state index in [1.807, 2.05) is 0 Å². The first-order chi connectivity index (χ1) is 8.97. The summed E-state index contributed by atoms with van der Waals surface area (Å²) in [6.07, 6.45) is 2.60. The Morgan fingerprint density at radius 3 is 2.42 bits per heavy atom. The maximum absolute atomic E-state index is 13.4. The van der Waals surface area contributed by atoms with E-state index in [0.29, 0.717) is 18.6 Å². The average molecular weight is 270 g/mol. The minimum Gasteiger partial charge on any atom is -0.388 e. The van der Waals surface area contributed by atoms with Crippen molar-refractivity contribution in [2.24, 2.45) is 7.05 Å². The number of nitrogens with zero attached hydrogens (tertiary/aromatic N) is 2. The smallest absolute Gasteiger partial charge is 0.134 e. The number of hydrogen-bond acceptors (Lipinski definition) is 2. The molecular formula is C13H13F3N2O. The SMILES string of the molecule is Cn1cc(CCC(O)c2c(F)cc(F)cc2F)cn1. The van der Waals surface area contributed by atoms with Gasteiger partial charge in [0.1, 0.15) is 17.5 Å². The molecule has 1 atom stereocenters. The first kappa shape index (κ1) is 13.6. The fraction of sp³-hybridized carbons (Fsp3) is 0.308. The molecule has 0 bridgehead atoms. The van der Waals surface area contributed by atoms with Gasteiger partial charge >= 0.3 is 0 Å². The van der Waals surface area contributed by atoms with Gasteiger partial charge in [0.25, 0.3) is 0 Å². The van der Waals surface area contributed by atoms with Gasteiger partial charge in [-0.1, -0.05) is 0 Å². The highest BCUT2D eigenvalue weighted by molar-refractivity contribution is 5.23. The van der Waals surface area contributed by atoms with Crippen LogP contribution in [0.5, 0.6) is 0 Å². The van der Waals surface area contributed by atoms with Crippen LogP contribution >= 0.6 is 0 Å². The van der Waals surface area contributed by atoms with Gasteiger partial charge in [-0.05, 0) is 18.4 Å². The van der Waals surface area contributed by atoms with Crippen LogP contribution in [0.1, 0.15) is 23.7 Å². The van der Waals surface area contributed by atoms with Crippen LogP contribution in [-0.4, -0.2) is 14.9 Å². The molecule has 1 aromatic carbocycles. The Kier molecular flexibility index (Phi) is 3.90. The summed E-state index contributed by atoms with van der Waals surface area (Å²) < 4.78 is 41.2. The fourth-order valence-corrected chi connectivity index (χ4v) is 1.92. The van der Waals surface area contributed by atoms with Crippen molar-refractivity contribution < 1.29 is 18.3 Å². The van der Waals surface area contributed by atoms with Gasteiger partial charge in [0.2, 0.25) is 0 Å². The molecule has 1 unspecified atom stereocenters. The third kappa shape index (κ3) is 3.14. The van der Waals surface area contributed by atoms with E-state index >= 15 is 0 Å². The second-order valence-corrected chi connectivity index (χ2v) is 4.36. The molecule has 0 aliphatic heterocycles. The Labute approximate surface area is 108 Å². The molecule has 1 aromatic heterocycles. The Balaban J connectivity index is 2.10. The lowest BCUT2D eigenvalue weighted by Gasteiger charge is -2.12. The Morgan fingerprint density at radius 2 is 1.89 bits per heavy atom. The van der Waals surface area contributed by atoms with Gasteiger partial charge < -0.3 is 5.11 Å². The summed E-state index contributed by atoms with van der Waals surface area (Å²) in [6.45, 7) is 0. The molecule has 1 heterocycles. The molecule has 0 fully saturated rings. The summed E-state index contributed by atoms with van der Waals surface area (Å²) in [5.41, 5.74) is 0.356. The van der Waals surface area contributed by atoms with Gasteiger partial charge in [-0.15, -0.1) is 0 Å². The maximum Gasteiger partial charge on any atom is 0.134 e. The van der Waals surface area contributed by atoms with Crippen LogP contribution in [0.3, 0.4) is 0 Å². The third-order valence-electron chi connectivity index (χ3n) is 2.84. The molecule has 19 heavy (non-hydrogen) atoms.